The second-order valence-electron chi connectivity index (χ2n) is 4.96. The molecule has 5 heteroatoms. The molecule has 0 fully saturated rings. The molecule has 1 aromatic carbocycles. The predicted octanol–water partition coefficient (Wildman–Crippen LogP) is 4.32. The van der Waals surface area contributed by atoms with E-state index in [-0.39, 0.29) is 0 Å². The molecule has 0 radical (unpaired) electrons. The molecule has 0 aliphatic rings. The zero-order valence-corrected chi connectivity index (χ0v) is 13.2. The number of allylic oxidation sites excluding steroid dienone is 1. The van der Waals surface area contributed by atoms with E-state index < -0.39 is 0 Å². The van der Waals surface area contributed by atoms with Crippen LogP contribution >= 0.6 is 11.8 Å². The SMILES string of the molecule is C=CCn1c(SCc2ccc(C)cc2)nnc1-c1ccco1. The van der Waals surface area contributed by atoms with Crippen molar-refractivity contribution >= 4 is 11.8 Å². The van der Waals surface area contributed by atoms with Gasteiger partial charge in [-0.3, -0.25) is 4.57 Å². The first kappa shape index (κ1) is 14.7. The number of thioether (sulfide) groups is 1. The van der Waals surface area contributed by atoms with Crippen molar-refractivity contribution in [1.29, 1.82) is 0 Å². The Morgan fingerprint density at radius 3 is 2.73 bits per heavy atom. The van der Waals surface area contributed by atoms with E-state index in [0.29, 0.717) is 6.54 Å². The van der Waals surface area contributed by atoms with Crippen LogP contribution in [0.2, 0.25) is 0 Å². The molecule has 3 aromatic rings. The second-order valence-corrected chi connectivity index (χ2v) is 5.90. The molecular formula is C17H17N3OS. The van der Waals surface area contributed by atoms with Crippen molar-refractivity contribution in [2.24, 2.45) is 0 Å². The summed E-state index contributed by atoms with van der Waals surface area (Å²) in [4.78, 5) is 0. The van der Waals surface area contributed by atoms with Gasteiger partial charge in [-0.05, 0) is 24.6 Å². The van der Waals surface area contributed by atoms with E-state index in [1.807, 2.05) is 22.8 Å². The Kier molecular flexibility index (Phi) is 4.44. The molecule has 2 aromatic heterocycles. The maximum absolute atomic E-state index is 5.43. The van der Waals surface area contributed by atoms with Crippen LogP contribution in [-0.2, 0) is 12.3 Å². The molecule has 0 saturated carbocycles. The van der Waals surface area contributed by atoms with Crippen LogP contribution in [0.25, 0.3) is 11.6 Å². The molecule has 0 amide bonds. The van der Waals surface area contributed by atoms with E-state index in [9.17, 15) is 0 Å². The maximum atomic E-state index is 5.43. The van der Waals surface area contributed by atoms with E-state index in [4.69, 9.17) is 4.42 Å². The van der Waals surface area contributed by atoms with Crippen molar-refractivity contribution in [3.8, 4) is 11.6 Å². The first-order valence-electron chi connectivity index (χ1n) is 7.04. The van der Waals surface area contributed by atoms with Gasteiger partial charge in [0.2, 0.25) is 5.82 Å². The van der Waals surface area contributed by atoms with Crippen molar-refractivity contribution in [2.45, 2.75) is 24.4 Å². The van der Waals surface area contributed by atoms with Gasteiger partial charge in [0.25, 0.3) is 0 Å². The lowest BCUT2D eigenvalue weighted by molar-refractivity contribution is 0.569. The van der Waals surface area contributed by atoms with Crippen molar-refractivity contribution in [1.82, 2.24) is 14.8 Å². The molecule has 0 atom stereocenters. The Morgan fingerprint density at radius 2 is 2.05 bits per heavy atom. The van der Waals surface area contributed by atoms with Gasteiger partial charge in [0.05, 0.1) is 6.26 Å². The van der Waals surface area contributed by atoms with Gasteiger partial charge in [0.1, 0.15) is 0 Å². The number of hydrogen-bond donors (Lipinski definition) is 0. The van der Waals surface area contributed by atoms with Gasteiger partial charge in [-0.15, -0.1) is 16.8 Å². The standard InChI is InChI=1S/C17H17N3OS/c1-3-10-20-16(15-5-4-11-21-15)18-19-17(20)22-12-14-8-6-13(2)7-9-14/h3-9,11H,1,10,12H2,2H3. The number of furan rings is 1. The average Bonchev–Trinajstić information content (AvgIpc) is 3.17. The van der Waals surface area contributed by atoms with Gasteiger partial charge < -0.3 is 4.42 Å². The molecule has 112 valence electrons. The molecule has 4 nitrogen and oxygen atoms in total. The molecule has 2 heterocycles. The maximum Gasteiger partial charge on any atom is 0.200 e. The highest BCUT2D eigenvalue weighted by molar-refractivity contribution is 7.98. The Bertz CT molecular complexity index is 745. The summed E-state index contributed by atoms with van der Waals surface area (Å²) >= 11 is 1.66. The topological polar surface area (TPSA) is 43.9 Å². The number of nitrogens with zero attached hydrogens (tertiary/aromatic N) is 3. The monoisotopic (exact) mass is 311 g/mol. The minimum Gasteiger partial charge on any atom is -0.461 e. The number of hydrogen-bond acceptors (Lipinski definition) is 4. The summed E-state index contributed by atoms with van der Waals surface area (Å²) in [6, 6.07) is 12.3. The van der Waals surface area contributed by atoms with Gasteiger partial charge in [-0.1, -0.05) is 47.7 Å². The number of rotatable bonds is 6. The van der Waals surface area contributed by atoms with Crippen LogP contribution in [0.3, 0.4) is 0 Å². The summed E-state index contributed by atoms with van der Waals surface area (Å²) in [7, 11) is 0. The summed E-state index contributed by atoms with van der Waals surface area (Å²) in [5.74, 6) is 2.31. The average molecular weight is 311 g/mol. The molecular weight excluding hydrogens is 294 g/mol. The predicted molar refractivity (Wildman–Crippen MR) is 88.7 cm³/mol. The molecule has 0 unspecified atom stereocenters. The molecule has 0 aliphatic carbocycles. The van der Waals surface area contributed by atoms with E-state index in [0.717, 1.165) is 22.5 Å². The third-order valence-corrected chi connectivity index (χ3v) is 4.30. The lowest BCUT2D eigenvalue weighted by Gasteiger charge is -2.06. The number of aromatic nitrogens is 3. The molecule has 0 N–H and O–H groups in total. The summed E-state index contributed by atoms with van der Waals surface area (Å²) in [5.41, 5.74) is 2.53. The van der Waals surface area contributed by atoms with E-state index >= 15 is 0 Å². The molecule has 0 spiro atoms. The molecule has 3 rings (SSSR count). The largest absolute Gasteiger partial charge is 0.461 e. The fourth-order valence-corrected chi connectivity index (χ4v) is 3.01. The van der Waals surface area contributed by atoms with Crippen LogP contribution in [-0.4, -0.2) is 14.8 Å². The van der Waals surface area contributed by atoms with Crippen molar-refractivity contribution in [2.75, 3.05) is 0 Å². The quantitative estimate of drug-likeness (QED) is 0.502. The minimum atomic E-state index is 0.652. The normalized spacial score (nSPS) is 10.8. The van der Waals surface area contributed by atoms with Gasteiger partial charge in [0.15, 0.2) is 10.9 Å². The molecule has 22 heavy (non-hydrogen) atoms. The van der Waals surface area contributed by atoms with Gasteiger partial charge in [0, 0.05) is 12.3 Å². The molecule has 0 aliphatic heterocycles. The summed E-state index contributed by atoms with van der Waals surface area (Å²) in [6.07, 6.45) is 3.48. The van der Waals surface area contributed by atoms with Crippen LogP contribution in [0, 0.1) is 6.92 Å². The van der Waals surface area contributed by atoms with Gasteiger partial charge in [-0.25, -0.2) is 0 Å². The third kappa shape index (κ3) is 3.14. The Morgan fingerprint density at radius 1 is 1.23 bits per heavy atom. The Balaban J connectivity index is 1.81. The van der Waals surface area contributed by atoms with Crippen molar-refractivity contribution in [3.63, 3.8) is 0 Å². The third-order valence-electron chi connectivity index (χ3n) is 3.26. The van der Waals surface area contributed by atoms with Crippen LogP contribution < -0.4 is 0 Å². The zero-order chi connectivity index (χ0) is 15.4. The number of aryl methyl sites for hydroxylation is 1. The van der Waals surface area contributed by atoms with Gasteiger partial charge in [-0.2, -0.15) is 0 Å². The smallest absolute Gasteiger partial charge is 0.200 e. The first-order valence-corrected chi connectivity index (χ1v) is 8.03. The van der Waals surface area contributed by atoms with E-state index in [1.54, 1.807) is 18.0 Å². The Hall–Kier alpha value is -2.27. The van der Waals surface area contributed by atoms with E-state index in [1.165, 1.54) is 11.1 Å². The highest BCUT2D eigenvalue weighted by Crippen LogP contribution is 2.26. The van der Waals surface area contributed by atoms with Crippen LogP contribution in [0.4, 0.5) is 0 Å². The van der Waals surface area contributed by atoms with E-state index in [2.05, 4.69) is 48.0 Å². The lowest BCUT2D eigenvalue weighted by Crippen LogP contribution is -2.00. The van der Waals surface area contributed by atoms with Crippen LogP contribution in [0.5, 0.6) is 0 Å². The summed E-state index contributed by atoms with van der Waals surface area (Å²) in [5, 5.41) is 9.41. The summed E-state index contributed by atoms with van der Waals surface area (Å²) < 4.78 is 7.45. The fourth-order valence-electron chi connectivity index (χ4n) is 2.11. The second kappa shape index (κ2) is 6.66. The first-order chi connectivity index (χ1) is 10.8. The zero-order valence-electron chi connectivity index (χ0n) is 12.4. The minimum absolute atomic E-state index is 0.652. The van der Waals surface area contributed by atoms with Crippen LogP contribution in [0.15, 0.2) is 64.9 Å². The van der Waals surface area contributed by atoms with Gasteiger partial charge >= 0.3 is 0 Å². The van der Waals surface area contributed by atoms with Crippen LogP contribution in [0.1, 0.15) is 11.1 Å². The summed E-state index contributed by atoms with van der Waals surface area (Å²) in [6.45, 7) is 6.55. The highest BCUT2D eigenvalue weighted by Gasteiger charge is 2.15. The fraction of sp³-hybridized carbons (Fsp3) is 0.176. The highest BCUT2D eigenvalue weighted by atomic mass is 32.2. The lowest BCUT2D eigenvalue weighted by atomic mass is 10.2. The van der Waals surface area contributed by atoms with Crippen molar-refractivity contribution < 1.29 is 4.42 Å². The van der Waals surface area contributed by atoms with Crippen molar-refractivity contribution in [3.05, 3.63) is 66.4 Å². The number of benzene rings is 1. The molecule has 0 saturated heterocycles. The Labute approximate surface area is 133 Å². The molecule has 0 bridgehead atoms.